The summed E-state index contributed by atoms with van der Waals surface area (Å²) >= 11 is 0. The lowest BCUT2D eigenvalue weighted by Crippen LogP contribution is -2.38. The average molecular weight is 244 g/mol. The molecule has 0 nitrogen and oxygen atoms in total. The minimum Gasteiger partial charge on any atom is -0.207 e. The lowest BCUT2D eigenvalue weighted by Gasteiger charge is -2.36. The molecule has 1 rings (SSSR count). The van der Waals surface area contributed by atoms with Gasteiger partial charge in [0.25, 0.3) is 0 Å². The quantitative estimate of drug-likeness (QED) is 0.620. The summed E-state index contributed by atoms with van der Waals surface area (Å²) in [7, 11) is 0. The molecule has 16 heavy (non-hydrogen) atoms. The minimum absolute atomic E-state index is 0.142. The van der Waals surface area contributed by atoms with Gasteiger partial charge in [-0.15, -0.1) is 0 Å². The van der Waals surface area contributed by atoms with Gasteiger partial charge in [-0.2, -0.15) is 13.2 Å². The van der Waals surface area contributed by atoms with E-state index >= 15 is 0 Å². The third kappa shape index (κ3) is 3.91. The van der Waals surface area contributed by atoms with Gasteiger partial charge in [-0.1, -0.05) is 13.8 Å². The van der Waals surface area contributed by atoms with Crippen LogP contribution in [0.2, 0.25) is 0 Å². The molecule has 0 bridgehead atoms. The Morgan fingerprint density at radius 2 is 1.75 bits per heavy atom. The first-order valence-electron chi connectivity index (χ1n) is 5.54. The van der Waals surface area contributed by atoms with Gasteiger partial charge in [-0.3, -0.25) is 0 Å². The lowest BCUT2D eigenvalue weighted by molar-refractivity contribution is -0.214. The zero-order valence-electron chi connectivity index (χ0n) is 9.45. The van der Waals surface area contributed by atoms with E-state index < -0.39 is 36.8 Å². The average Bonchev–Trinajstić information content (AvgIpc) is 1.97. The Morgan fingerprint density at radius 3 is 2.19 bits per heavy atom. The third-order valence-electron chi connectivity index (χ3n) is 3.02. The van der Waals surface area contributed by atoms with Gasteiger partial charge in [0.2, 0.25) is 5.92 Å². The number of rotatable bonds is 2. The third-order valence-corrected chi connectivity index (χ3v) is 3.02. The Hall–Kier alpha value is -0.350. The highest BCUT2D eigenvalue weighted by molar-refractivity contribution is 4.87. The van der Waals surface area contributed by atoms with Crippen molar-refractivity contribution in [3.63, 3.8) is 0 Å². The van der Waals surface area contributed by atoms with E-state index in [0.717, 1.165) is 0 Å². The molecule has 2 unspecified atom stereocenters. The van der Waals surface area contributed by atoms with Crippen LogP contribution in [0.5, 0.6) is 0 Å². The van der Waals surface area contributed by atoms with Crippen LogP contribution in [-0.2, 0) is 0 Å². The number of hydrogen-bond acceptors (Lipinski definition) is 0. The van der Waals surface area contributed by atoms with Crippen molar-refractivity contribution in [1.82, 2.24) is 0 Å². The largest absolute Gasteiger partial charge is 0.392 e. The summed E-state index contributed by atoms with van der Waals surface area (Å²) in [4.78, 5) is 0. The van der Waals surface area contributed by atoms with E-state index in [2.05, 4.69) is 0 Å². The van der Waals surface area contributed by atoms with Crippen molar-refractivity contribution in [2.24, 2.45) is 17.8 Å². The van der Waals surface area contributed by atoms with Gasteiger partial charge in [0.15, 0.2) is 0 Å². The normalized spacial score (nSPS) is 30.8. The monoisotopic (exact) mass is 244 g/mol. The van der Waals surface area contributed by atoms with E-state index in [1.54, 1.807) is 0 Å². The number of hydrogen-bond donors (Lipinski definition) is 0. The van der Waals surface area contributed by atoms with Crippen LogP contribution in [0.4, 0.5) is 22.0 Å². The van der Waals surface area contributed by atoms with E-state index in [0.29, 0.717) is 6.42 Å². The Balaban J connectivity index is 2.70. The number of alkyl halides is 5. The van der Waals surface area contributed by atoms with Crippen molar-refractivity contribution in [2.45, 2.75) is 51.6 Å². The zero-order chi connectivity index (χ0) is 12.6. The van der Waals surface area contributed by atoms with Gasteiger partial charge < -0.3 is 0 Å². The van der Waals surface area contributed by atoms with Gasteiger partial charge in [-0.05, 0) is 24.7 Å². The van der Waals surface area contributed by atoms with Gasteiger partial charge in [-0.25, -0.2) is 8.78 Å². The van der Waals surface area contributed by atoms with Gasteiger partial charge in [0.05, 0.1) is 5.92 Å². The summed E-state index contributed by atoms with van der Waals surface area (Å²) in [5.41, 5.74) is 0. The van der Waals surface area contributed by atoms with Crippen molar-refractivity contribution in [1.29, 1.82) is 0 Å². The Morgan fingerprint density at radius 1 is 1.19 bits per heavy atom. The van der Waals surface area contributed by atoms with E-state index in [1.807, 2.05) is 13.8 Å². The molecule has 1 fully saturated rings. The van der Waals surface area contributed by atoms with Gasteiger partial charge in [0, 0.05) is 12.8 Å². The highest BCUT2D eigenvalue weighted by Crippen LogP contribution is 2.47. The molecule has 5 heteroatoms. The van der Waals surface area contributed by atoms with Crippen LogP contribution in [0.3, 0.4) is 0 Å². The summed E-state index contributed by atoms with van der Waals surface area (Å²) < 4.78 is 63.8. The summed E-state index contributed by atoms with van der Waals surface area (Å²) in [5.74, 6) is -5.33. The van der Waals surface area contributed by atoms with Crippen molar-refractivity contribution >= 4 is 0 Å². The maximum atomic E-state index is 13.2. The summed E-state index contributed by atoms with van der Waals surface area (Å²) in [6.07, 6.45) is -5.61. The van der Waals surface area contributed by atoms with E-state index in [-0.39, 0.29) is 12.3 Å². The fraction of sp³-hybridized carbons (Fsp3) is 1.00. The molecule has 0 heterocycles. The molecule has 0 amide bonds. The van der Waals surface area contributed by atoms with Crippen LogP contribution in [0.25, 0.3) is 0 Å². The summed E-state index contributed by atoms with van der Waals surface area (Å²) in [6.45, 7) is 3.69. The molecule has 0 aliphatic heterocycles. The predicted octanol–water partition coefficient (Wildman–Crippen LogP) is 4.65. The van der Waals surface area contributed by atoms with Crippen molar-refractivity contribution in [3.8, 4) is 0 Å². The second-order valence-electron chi connectivity index (χ2n) is 5.23. The molecule has 96 valence electrons. The molecule has 0 radical (unpaired) electrons. The molecular formula is C11H17F5. The Kier molecular flexibility index (Phi) is 3.85. The van der Waals surface area contributed by atoms with Crippen molar-refractivity contribution < 1.29 is 22.0 Å². The minimum atomic E-state index is -4.49. The molecule has 1 aliphatic carbocycles. The van der Waals surface area contributed by atoms with Crippen LogP contribution in [0.1, 0.15) is 39.5 Å². The molecule has 0 saturated heterocycles. The molecule has 0 spiro atoms. The Labute approximate surface area is 92.2 Å². The van der Waals surface area contributed by atoms with Gasteiger partial charge in [0.1, 0.15) is 0 Å². The van der Waals surface area contributed by atoms with Gasteiger partial charge >= 0.3 is 6.18 Å². The standard InChI is InChI=1S/C11H17F5/c1-7(2)3-8-4-9(11(14,15)16)6-10(12,13)5-8/h7-9H,3-6H2,1-2H3. The maximum Gasteiger partial charge on any atom is 0.392 e. The van der Waals surface area contributed by atoms with Crippen LogP contribution in [-0.4, -0.2) is 12.1 Å². The molecular weight excluding hydrogens is 227 g/mol. The molecule has 0 N–H and O–H groups in total. The molecule has 0 aromatic rings. The van der Waals surface area contributed by atoms with Crippen LogP contribution < -0.4 is 0 Å². The first-order chi connectivity index (χ1) is 7.10. The first kappa shape index (κ1) is 13.7. The fourth-order valence-corrected chi connectivity index (χ4v) is 2.53. The zero-order valence-corrected chi connectivity index (χ0v) is 9.45. The number of halogens is 5. The van der Waals surface area contributed by atoms with Crippen molar-refractivity contribution in [2.75, 3.05) is 0 Å². The second-order valence-corrected chi connectivity index (χ2v) is 5.23. The molecule has 2 atom stereocenters. The molecule has 0 aromatic heterocycles. The molecule has 1 aliphatic rings. The predicted molar refractivity (Wildman–Crippen MR) is 51.3 cm³/mol. The lowest BCUT2D eigenvalue weighted by atomic mass is 9.75. The second kappa shape index (κ2) is 4.49. The maximum absolute atomic E-state index is 13.2. The molecule has 0 aromatic carbocycles. The van der Waals surface area contributed by atoms with Crippen LogP contribution in [0, 0.1) is 17.8 Å². The van der Waals surface area contributed by atoms with Crippen LogP contribution in [0.15, 0.2) is 0 Å². The fourth-order valence-electron chi connectivity index (χ4n) is 2.53. The van der Waals surface area contributed by atoms with Crippen LogP contribution >= 0.6 is 0 Å². The first-order valence-corrected chi connectivity index (χ1v) is 5.54. The highest BCUT2D eigenvalue weighted by atomic mass is 19.4. The van der Waals surface area contributed by atoms with E-state index in [9.17, 15) is 22.0 Å². The summed E-state index contributed by atoms with van der Waals surface area (Å²) in [6, 6.07) is 0. The highest BCUT2D eigenvalue weighted by Gasteiger charge is 2.51. The van der Waals surface area contributed by atoms with Crippen molar-refractivity contribution in [3.05, 3.63) is 0 Å². The SMILES string of the molecule is CC(C)CC1CC(C(F)(F)F)CC(F)(F)C1. The van der Waals surface area contributed by atoms with E-state index in [1.165, 1.54) is 0 Å². The molecule has 1 saturated carbocycles. The van der Waals surface area contributed by atoms with E-state index in [4.69, 9.17) is 0 Å². The smallest absolute Gasteiger partial charge is 0.207 e. The summed E-state index contributed by atoms with van der Waals surface area (Å²) in [5, 5.41) is 0. The topological polar surface area (TPSA) is 0 Å². The Bertz CT molecular complexity index is 231.